The monoisotopic (exact) mass is 568 g/mol. The number of amides is 2. The number of piperidine rings is 1. The van der Waals surface area contributed by atoms with Crippen molar-refractivity contribution in [1.29, 1.82) is 0 Å². The van der Waals surface area contributed by atoms with Crippen LogP contribution in [0.1, 0.15) is 46.5 Å². The molecule has 0 aliphatic carbocycles. The van der Waals surface area contributed by atoms with Crippen molar-refractivity contribution in [1.82, 2.24) is 15.2 Å². The zero-order valence-electron chi connectivity index (χ0n) is 24.3. The molecule has 0 spiro atoms. The van der Waals surface area contributed by atoms with E-state index in [0.29, 0.717) is 41.3 Å². The predicted molar refractivity (Wildman–Crippen MR) is 158 cm³/mol. The number of aliphatic hydroxyl groups excluding tert-OH is 1. The first-order valence-electron chi connectivity index (χ1n) is 14.1. The van der Waals surface area contributed by atoms with Crippen molar-refractivity contribution in [3.05, 3.63) is 48.4 Å². The fraction of sp³-hybridized carbons (Fsp3) is 0.484. The summed E-state index contributed by atoms with van der Waals surface area (Å²) in [7, 11) is 1.57. The quantitative estimate of drug-likeness (QED) is 0.245. The number of likely N-dealkylation sites (tertiary alicyclic amines) is 1. The fourth-order valence-electron chi connectivity index (χ4n) is 4.61. The van der Waals surface area contributed by atoms with Gasteiger partial charge in [-0.05, 0) is 55.4 Å². The molecule has 1 fully saturated rings. The Morgan fingerprint density at radius 3 is 2.61 bits per heavy atom. The average molecular weight is 569 g/mol. The van der Waals surface area contributed by atoms with Gasteiger partial charge in [0.2, 0.25) is 0 Å². The number of halogens is 1. The number of fused-ring (bicyclic) bond motifs is 1. The number of urea groups is 1. The first kappa shape index (κ1) is 30.3. The molecule has 2 heterocycles. The molecule has 3 aromatic rings. The summed E-state index contributed by atoms with van der Waals surface area (Å²) in [5.41, 5.74) is 0.799. The van der Waals surface area contributed by atoms with E-state index in [1.54, 1.807) is 31.5 Å². The smallest absolute Gasteiger partial charge is 0.319 e. The average Bonchev–Trinajstić information content (AvgIpc) is 2.92. The molecule has 41 heavy (non-hydrogen) atoms. The Hall–Kier alpha value is -3.63. The summed E-state index contributed by atoms with van der Waals surface area (Å²) in [4.78, 5) is 19.0. The number of pyridine rings is 1. The van der Waals surface area contributed by atoms with Gasteiger partial charge in [0, 0.05) is 49.9 Å². The van der Waals surface area contributed by atoms with Crippen LogP contribution in [0.25, 0.3) is 10.9 Å². The minimum atomic E-state index is -0.610. The molecule has 4 rings (SSSR count). The lowest BCUT2D eigenvalue weighted by atomic mass is 9.92. The van der Waals surface area contributed by atoms with Gasteiger partial charge in [0.25, 0.3) is 0 Å². The van der Waals surface area contributed by atoms with Crippen molar-refractivity contribution < 1.29 is 28.5 Å². The highest BCUT2D eigenvalue weighted by atomic mass is 19.1. The summed E-state index contributed by atoms with van der Waals surface area (Å²) in [5, 5.41) is 15.7. The van der Waals surface area contributed by atoms with Crippen LogP contribution in [-0.4, -0.2) is 67.0 Å². The minimum absolute atomic E-state index is 0.0616. The van der Waals surface area contributed by atoms with E-state index in [1.807, 2.05) is 6.07 Å². The topological polar surface area (TPSA) is 105 Å². The maximum atomic E-state index is 14.8. The summed E-state index contributed by atoms with van der Waals surface area (Å²) in [6.07, 6.45) is 4.73. The lowest BCUT2D eigenvalue weighted by molar-refractivity contribution is 0.0799. The number of carbonyl (C=O) groups is 1. The summed E-state index contributed by atoms with van der Waals surface area (Å²) in [6.45, 7) is 10.0. The van der Waals surface area contributed by atoms with Crippen LogP contribution in [0, 0.1) is 11.2 Å². The minimum Gasteiger partial charge on any atom is -0.493 e. The van der Waals surface area contributed by atoms with Crippen LogP contribution in [0.4, 0.5) is 14.9 Å². The largest absolute Gasteiger partial charge is 0.493 e. The number of nitrogens with zero attached hydrogens (tertiary/aromatic N) is 2. The lowest BCUT2D eigenvalue weighted by Gasteiger charge is -2.29. The van der Waals surface area contributed by atoms with E-state index in [0.717, 1.165) is 45.3 Å². The number of anilines is 1. The molecule has 0 atom stereocenters. The number of hydrogen-bond acceptors (Lipinski definition) is 7. The zero-order valence-corrected chi connectivity index (χ0v) is 24.3. The van der Waals surface area contributed by atoms with Crippen molar-refractivity contribution in [3.63, 3.8) is 0 Å². The molecule has 10 heteroatoms. The first-order chi connectivity index (χ1) is 19.6. The molecule has 0 saturated carbocycles. The standard InChI is InChI=1S/C31H41FN4O5/c1-31(2,3)11-13-34-30(38)35-25-7-6-22(18-24(25)32)41-27-8-12-33-26-20-29(28(39-4)19-23(26)27)40-17-5-14-36-15-9-21(37)10-16-36/h6-8,12,18-21,37H,5,9-11,13-17H2,1-4H3,(H2,34,35,38). The number of hydrogen-bond donors (Lipinski definition) is 3. The Kier molecular flexibility index (Phi) is 10.2. The lowest BCUT2D eigenvalue weighted by Crippen LogP contribution is -2.36. The van der Waals surface area contributed by atoms with Gasteiger partial charge in [-0.25, -0.2) is 9.18 Å². The van der Waals surface area contributed by atoms with Gasteiger partial charge < -0.3 is 34.9 Å². The van der Waals surface area contributed by atoms with Gasteiger partial charge in [-0.1, -0.05) is 20.8 Å². The third-order valence-corrected chi connectivity index (χ3v) is 7.00. The Morgan fingerprint density at radius 1 is 1.12 bits per heavy atom. The van der Waals surface area contributed by atoms with E-state index in [2.05, 4.69) is 41.3 Å². The molecule has 3 N–H and O–H groups in total. The highest BCUT2D eigenvalue weighted by Crippen LogP contribution is 2.37. The Bertz CT molecular complexity index is 1320. The summed E-state index contributed by atoms with van der Waals surface area (Å²) in [5.74, 6) is 1.27. The van der Waals surface area contributed by atoms with Crippen LogP contribution >= 0.6 is 0 Å². The molecule has 2 aromatic carbocycles. The molecule has 9 nitrogen and oxygen atoms in total. The van der Waals surface area contributed by atoms with Crippen LogP contribution < -0.4 is 24.8 Å². The number of aromatic nitrogens is 1. The summed E-state index contributed by atoms with van der Waals surface area (Å²) >= 11 is 0. The summed E-state index contributed by atoms with van der Waals surface area (Å²) < 4.78 is 32.4. The van der Waals surface area contributed by atoms with Gasteiger partial charge in [0.1, 0.15) is 17.3 Å². The number of nitrogens with one attached hydrogen (secondary N) is 2. The van der Waals surface area contributed by atoms with E-state index in [-0.39, 0.29) is 23.0 Å². The number of carbonyl (C=O) groups excluding carboxylic acids is 1. The number of ether oxygens (including phenoxy) is 3. The van der Waals surface area contributed by atoms with Crippen molar-refractivity contribution >= 4 is 22.6 Å². The Morgan fingerprint density at radius 2 is 1.90 bits per heavy atom. The second kappa shape index (κ2) is 13.8. The maximum absolute atomic E-state index is 14.8. The molecule has 1 aliphatic heterocycles. The van der Waals surface area contributed by atoms with E-state index in [4.69, 9.17) is 14.2 Å². The number of aliphatic hydroxyl groups is 1. The molecular formula is C31H41FN4O5. The normalized spacial score (nSPS) is 14.6. The van der Waals surface area contributed by atoms with Crippen molar-refractivity contribution in [2.45, 2.75) is 52.6 Å². The molecule has 1 aliphatic rings. The van der Waals surface area contributed by atoms with Gasteiger partial charge >= 0.3 is 6.03 Å². The van der Waals surface area contributed by atoms with Crippen LogP contribution in [0.3, 0.4) is 0 Å². The highest BCUT2D eigenvalue weighted by molar-refractivity contribution is 5.90. The van der Waals surface area contributed by atoms with Crippen LogP contribution in [0.5, 0.6) is 23.0 Å². The number of benzene rings is 2. The summed E-state index contributed by atoms with van der Waals surface area (Å²) in [6, 6.07) is 9.14. The molecule has 1 aromatic heterocycles. The SMILES string of the molecule is COc1cc2c(Oc3ccc(NC(=O)NCCC(C)(C)C)c(F)c3)ccnc2cc1OCCCN1CCC(O)CC1. The highest BCUT2D eigenvalue weighted by Gasteiger charge is 2.17. The Labute approximate surface area is 241 Å². The maximum Gasteiger partial charge on any atom is 0.319 e. The third-order valence-electron chi connectivity index (χ3n) is 7.00. The third kappa shape index (κ3) is 8.93. The molecule has 0 unspecified atom stereocenters. The molecule has 0 radical (unpaired) electrons. The van der Waals surface area contributed by atoms with Gasteiger partial charge in [0.05, 0.1) is 31.0 Å². The predicted octanol–water partition coefficient (Wildman–Crippen LogP) is 5.96. The molecule has 222 valence electrons. The van der Waals surface area contributed by atoms with Crippen molar-refractivity contribution in [3.8, 4) is 23.0 Å². The molecule has 1 saturated heterocycles. The Balaban J connectivity index is 1.38. The van der Waals surface area contributed by atoms with Gasteiger partial charge in [-0.15, -0.1) is 0 Å². The van der Waals surface area contributed by atoms with Gasteiger partial charge in [-0.2, -0.15) is 0 Å². The van der Waals surface area contributed by atoms with Crippen molar-refractivity contribution in [2.75, 3.05) is 45.2 Å². The molecular weight excluding hydrogens is 527 g/mol. The van der Waals surface area contributed by atoms with E-state index in [9.17, 15) is 14.3 Å². The second-order valence-electron chi connectivity index (χ2n) is 11.5. The van der Waals surface area contributed by atoms with Crippen LogP contribution in [0.15, 0.2) is 42.6 Å². The van der Waals surface area contributed by atoms with Crippen molar-refractivity contribution in [2.24, 2.45) is 5.41 Å². The van der Waals surface area contributed by atoms with Crippen LogP contribution in [0.2, 0.25) is 0 Å². The number of rotatable bonds is 11. The second-order valence-corrected chi connectivity index (χ2v) is 11.5. The molecule has 2 amide bonds. The number of methoxy groups -OCH3 is 1. The van der Waals surface area contributed by atoms with Gasteiger partial charge in [-0.3, -0.25) is 4.98 Å². The first-order valence-corrected chi connectivity index (χ1v) is 14.1. The molecule has 0 bridgehead atoms. The fourth-order valence-corrected chi connectivity index (χ4v) is 4.61. The van der Waals surface area contributed by atoms with E-state index >= 15 is 0 Å². The van der Waals surface area contributed by atoms with Gasteiger partial charge in [0.15, 0.2) is 11.5 Å². The van der Waals surface area contributed by atoms with Crippen LogP contribution in [-0.2, 0) is 0 Å². The van der Waals surface area contributed by atoms with E-state index in [1.165, 1.54) is 12.1 Å². The zero-order chi connectivity index (χ0) is 29.4. The van der Waals surface area contributed by atoms with E-state index < -0.39 is 11.8 Å².